The lowest BCUT2D eigenvalue weighted by molar-refractivity contribution is -0.132. The van der Waals surface area contributed by atoms with Gasteiger partial charge in [0.2, 0.25) is 0 Å². The van der Waals surface area contributed by atoms with Gasteiger partial charge >= 0.3 is 16.4 Å². The average Bonchev–Trinajstić information content (AvgIpc) is 2.17. The minimum absolute atomic E-state index is 0.428. The molecule has 2 N–H and O–H groups in total. The fourth-order valence-corrected chi connectivity index (χ4v) is 1.04. The van der Waals surface area contributed by atoms with Crippen LogP contribution in [0.4, 0.5) is 0 Å². The average molecular weight is 269 g/mol. The van der Waals surface area contributed by atoms with Gasteiger partial charge in [0.1, 0.15) is 0 Å². The molecule has 0 bridgehead atoms. The van der Waals surface area contributed by atoms with Crippen molar-refractivity contribution in [2.45, 2.75) is 20.3 Å². The molecule has 0 amide bonds. The maximum absolute atomic E-state index is 10.5. The van der Waals surface area contributed by atoms with Crippen molar-refractivity contribution in [2.75, 3.05) is 21.2 Å². The van der Waals surface area contributed by atoms with Crippen LogP contribution in [-0.2, 0) is 19.4 Å². The molecule has 0 saturated carbocycles. The fraction of sp³-hybridized carbons (Fsp3) is 0.667. The van der Waals surface area contributed by atoms with Crippen LogP contribution in [0.1, 0.15) is 20.3 Å². The second-order valence-electron chi connectivity index (χ2n) is 3.22. The smallest absolute Gasteiger partial charge is 0.397 e. The molecule has 7 nitrogen and oxygen atoms in total. The molecule has 0 atom stereocenters. The van der Waals surface area contributed by atoms with E-state index in [1.54, 1.807) is 6.92 Å². The molecule has 17 heavy (non-hydrogen) atoms. The van der Waals surface area contributed by atoms with E-state index >= 15 is 0 Å². The highest BCUT2D eigenvalue weighted by atomic mass is 32.3. The van der Waals surface area contributed by atoms with Crippen molar-refractivity contribution < 1.29 is 27.1 Å². The molecular weight excluding hydrogens is 250 g/mol. The van der Waals surface area contributed by atoms with Crippen LogP contribution in [0.15, 0.2) is 11.3 Å². The molecule has 0 saturated heterocycles. The van der Waals surface area contributed by atoms with E-state index in [1.165, 1.54) is 0 Å². The fourth-order valence-electron chi connectivity index (χ4n) is 1.04. The zero-order valence-electron chi connectivity index (χ0n) is 10.6. The summed E-state index contributed by atoms with van der Waals surface area (Å²) in [5.41, 5.74) is 1.30. The number of allylic oxidation sites excluding steroid dienone is 1. The summed E-state index contributed by atoms with van der Waals surface area (Å²) in [5.74, 6) is -0.837. The van der Waals surface area contributed by atoms with Gasteiger partial charge in [-0.1, -0.05) is 6.92 Å². The molecule has 0 unspecified atom stereocenters. The molecule has 0 aromatic heterocycles. The number of hydrogen-bond donors (Lipinski definition) is 2. The van der Waals surface area contributed by atoms with Gasteiger partial charge in [0.05, 0.1) is 12.7 Å². The number of nitrogens with zero attached hydrogens (tertiary/aromatic N) is 1. The molecule has 102 valence electrons. The van der Waals surface area contributed by atoms with Gasteiger partial charge in [-0.25, -0.2) is 4.79 Å². The Kier molecular flexibility index (Phi) is 8.63. The van der Waals surface area contributed by atoms with Gasteiger partial charge < -0.3 is 10.0 Å². The first-order valence-electron chi connectivity index (χ1n) is 4.70. The molecular formula is C9H19NO6S. The van der Waals surface area contributed by atoms with Crippen LogP contribution >= 0.6 is 0 Å². The minimum atomic E-state index is -4.16. The van der Waals surface area contributed by atoms with Crippen LogP contribution in [0.25, 0.3) is 0 Å². The lowest BCUT2D eigenvalue weighted by atomic mass is 10.2. The first-order valence-corrected chi connectivity index (χ1v) is 6.06. The van der Waals surface area contributed by atoms with Crippen molar-refractivity contribution in [3.63, 3.8) is 0 Å². The highest BCUT2D eigenvalue weighted by molar-refractivity contribution is 7.80. The molecule has 0 aromatic carbocycles. The van der Waals surface area contributed by atoms with Crippen molar-refractivity contribution in [1.29, 1.82) is 0 Å². The van der Waals surface area contributed by atoms with Crippen LogP contribution < -0.4 is 0 Å². The van der Waals surface area contributed by atoms with Gasteiger partial charge in [0.15, 0.2) is 0 Å². The number of rotatable bonds is 4. The van der Waals surface area contributed by atoms with E-state index in [1.807, 2.05) is 25.9 Å². The quantitative estimate of drug-likeness (QED) is 0.573. The molecule has 8 heteroatoms. The van der Waals surface area contributed by atoms with E-state index in [2.05, 4.69) is 4.18 Å². The Bertz CT molecular complexity index is 371. The molecule has 0 spiro atoms. The van der Waals surface area contributed by atoms with E-state index in [0.717, 1.165) is 19.2 Å². The largest absolute Gasteiger partial charge is 0.478 e. The van der Waals surface area contributed by atoms with Gasteiger partial charge in [-0.2, -0.15) is 8.42 Å². The van der Waals surface area contributed by atoms with E-state index in [4.69, 9.17) is 9.66 Å². The molecule has 0 rings (SSSR count). The second-order valence-corrected chi connectivity index (χ2v) is 4.41. The summed E-state index contributed by atoms with van der Waals surface area (Å²) < 4.78 is 29.7. The maximum atomic E-state index is 10.5. The van der Waals surface area contributed by atoms with Gasteiger partial charge in [-0.15, -0.1) is 0 Å². The zero-order chi connectivity index (χ0) is 14.2. The summed E-state index contributed by atoms with van der Waals surface area (Å²) in [4.78, 5) is 12.4. The molecule has 0 heterocycles. The summed E-state index contributed by atoms with van der Waals surface area (Å²) in [6, 6.07) is 0. The SMILES string of the molecule is CC/C(=C(/C)C(=O)O)N(C)C.COS(=O)(=O)O. The molecule has 0 radical (unpaired) electrons. The lowest BCUT2D eigenvalue weighted by Gasteiger charge is -2.17. The van der Waals surface area contributed by atoms with Gasteiger partial charge in [-0.05, 0) is 13.3 Å². The standard InChI is InChI=1S/C8H15NO2.CH4O4S/c1-5-7(9(3)4)6(2)8(10)11;1-5-6(2,3)4/h5H2,1-4H3,(H,10,11);1H3,(H,2,3,4)/b7-6+;. The van der Waals surface area contributed by atoms with Crippen molar-refractivity contribution in [3.05, 3.63) is 11.3 Å². The highest BCUT2D eigenvalue weighted by Crippen LogP contribution is 2.10. The Morgan fingerprint density at radius 1 is 1.35 bits per heavy atom. The number of carboxylic acid groups (broad SMARTS) is 1. The number of aliphatic carboxylic acids is 1. The Hall–Kier alpha value is -1.12. The molecule has 0 aromatic rings. The molecule has 0 fully saturated rings. The highest BCUT2D eigenvalue weighted by Gasteiger charge is 2.08. The van der Waals surface area contributed by atoms with Crippen molar-refractivity contribution in [3.8, 4) is 0 Å². The Morgan fingerprint density at radius 2 is 1.71 bits per heavy atom. The zero-order valence-corrected chi connectivity index (χ0v) is 11.4. The number of carboxylic acids is 1. The summed E-state index contributed by atoms with van der Waals surface area (Å²) in [7, 11) is 0.413. The van der Waals surface area contributed by atoms with Crippen LogP contribution in [0.3, 0.4) is 0 Å². The van der Waals surface area contributed by atoms with Gasteiger partial charge in [0, 0.05) is 19.8 Å². The Morgan fingerprint density at radius 3 is 1.76 bits per heavy atom. The molecule has 0 aliphatic carbocycles. The third-order valence-corrected chi connectivity index (χ3v) is 2.26. The summed E-state index contributed by atoms with van der Waals surface area (Å²) in [6.45, 7) is 3.57. The number of hydrogen-bond acceptors (Lipinski definition) is 5. The second kappa shape index (κ2) is 8.04. The maximum Gasteiger partial charge on any atom is 0.397 e. The topological polar surface area (TPSA) is 104 Å². The normalized spacial score (nSPS) is 12.1. The lowest BCUT2D eigenvalue weighted by Crippen LogP contribution is -2.15. The van der Waals surface area contributed by atoms with E-state index in [9.17, 15) is 13.2 Å². The third-order valence-electron chi connectivity index (χ3n) is 1.84. The summed E-state index contributed by atoms with van der Waals surface area (Å²) >= 11 is 0. The monoisotopic (exact) mass is 269 g/mol. The first-order chi connectivity index (χ1) is 7.56. The van der Waals surface area contributed by atoms with Gasteiger partial charge in [0.25, 0.3) is 0 Å². The molecule has 0 aliphatic heterocycles. The first kappa shape index (κ1) is 18.3. The van der Waals surface area contributed by atoms with E-state index in [-0.39, 0.29) is 0 Å². The molecule has 0 aliphatic rings. The van der Waals surface area contributed by atoms with Crippen molar-refractivity contribution >= 4 is 16.4 Å². The predicted molar refractivity (Wildman–Crippen MR) is 62.9 cm³/mol. The minimum Gasteiger partial charge on any atom is -0.478 e. The summed E-state index contributed by atoms with van der Waals surface area (Å²) in [6.07, 6.45) is 0.755. The van der Waals surface area contributed by atoms with E-state index in [0.29, 0.717) is 5.57 Å². The Balaban J connectivity index is 0. The van der Waals surface area contributed by atoms with E-state index < -0.39 is 16.4 Å². The van der Waals surface area contributed by atoms with Crippen LogP contribution in [-0.4, -0.2) is 50.2 Å². The van der Waals surface area contributed by atoms with Gasteiger partial charge in [-0.3, -0.25) is 8.74 Å². The summed E-state index contributed by atoms with van der Waals surface area (Å²) in [5, 5.41) is 8.65. The van der Waals surface area contributed by atoms with Crippen molar-refractivity contribution in [2.24, 2.45) is 0 Å². The third kappa shape index (κ3) is 9.79. The number of carbonyl (C=O) groups is 1. The van der Waals surface area contributed by atoms with Crippen LogP contribution in [0.2, 0.25) is 0 Å². The Labute approximate surface area is 102 Å². The predicted octanol–water partition coefficient (Wildman–Crippen LogP) is 0.752. The van der Waals surface area contributed by atoms with Crippen LogP contribution in [0.5, 0.6) is 0 Å². The van der Waals surface area contributed by atoms with Crippen LogP contribution in [0, 0.1) is 0 Å². The van der Waals surface area contributed by atoms with Crippen molar-refractivity contribution in [1.82, 2.24) is 4.90 Å².